The van der Waals surface area contributed by atoms with Crippen molar-refractivity contribution in [2.75, 3.05) is 14.2 Å². The largest absolute Gasteiger partial charge is 0.494 e. The summed E-state index contributed by atoms with van der Waals surface area (Å²) in [7, 11) is 3.13. The summed E-state index contributed by atoms with van der Waals surface area (Å²) in [5.74, 6) is -0.462. The van der Waals surface area contributed by atoms with Crippen molar-refractivity contribution in [3.63, 3.8) is 0 Å². The number of hydrogen-bond donors (Lipinski definition) is 0. The van der Waals surface area contributed by atoms with Crippen molar-refractivity contribution in [3.8, 4) is 5.75 Å². The van der Waals surface area contributed by atoms with Crippen molar-refractivity contribution < 1.29 is 13.9 Å². The number of carbonyl (C=O) groups is 1. The van der Waals surface area contributed by atoms with Gasteiger partial charge in [0.25, 0.3) is 0 Å². The first-order chi connectivity index (χ1) is 11.4. The van der Waals surface area contributed by atoms with Crippen LogP contribution in [-0.4, -0.2) is 25.0 Å². The summed E-state index contributed by atoms with van der Waals surface area (Å²) in [6.07, 6.45) is 3.00. The van der Waals surface area contributed by atoms with E-state index in [-0.39, 0.29) is 17.7 Å². The van der Waals surface area contributed by atoms with Gasteiger partial charge in [0.15, 0.2) is 11.6 Å². The first kappa shape index (κ1) is 18.0. The SMILES string of the molecule is COc1ccc(/C=C/C(=O)N(C)C(C)c2ccc(Cl)cc2)cc1F. The lowest BCUT2D eigenvalue weighted by molar-refractivity contribution is -0.126. The average Bonchev–Trinajstić information content (AvgIpc) is 2.59. The molecule has 0 radical (unpaired) electrons. The van der Waals surface area contributed by atoms with Crippen LogP contribution >= 0.6 is 11.6 Å². The Labute approximate surface area is 146 Å². The van der Waals surface area contributed by atoms with E-state index in [2.05, 4.69) is 0 Å². The molecule has 0 heterocycles. The van der Waals surface area contributed by atoms with Gasteiger partial charge in [0.2, 0.25) is 5.91 Å². The van der Waals surface area contributed by atoms with Crippen LogP contribution in [-0.2, 0) is 4.79 Å². The minimum absolute atomic E-state index is 0.105. The molecule has 0 saturated heterocycles. The molecular weight excluding hydrogens is 329 g/mol. The molecule has 2 rings (SSSR count). The van der Waals surface area contributed by atoms with E-state index in [1.165, 1.54) is 25.3 Å². The molecule has 5 heteroatoms. The zero-order chi connectivity index (χ0) is 17.7. The summed E-state index contributed by atoms with van der Waals surface area (Å²) >= 11 is 5.88. The van der Waals surface area contributed by atoms with E-state index in [0.717, 1.165) is 5.56 Å². The second-order valence-electron chi connectivity index (χ2n) is 5.40. The zero-order valence-corrected chi connectivity index (χ0v) is 14.5. The monoisotopic (exact) mass is 347 g/mol. The molecule has 24 heavy (non-hydrogen) atoms. The third-order valence-corrected chi connectivity index (χ3v) is 4.13. The Kier molecular flexibility index (Phi) is 5.99. The standard InChI is InChI=1S/C19H19ClFNO2/c1-13(15-6-8-16(20)9-7-15)22(2)19(23)11-5-14-4-10-18(24-3)17(21)12-14/h4-13H,1-3H3/b11-5+. The Morgan fingerprint density at radius 3 is 2.50 bits per heavy atom. The molecule has 0 bridgehead atoms. The molecule has 126 valence electrons. The van der Waals surface area contributed by atoms with Gasteiger partial charge in [-0.1, -0.05) is 29.8 Å². The van der Waals surface area contributed by atoms with Crippen LogP contribution in [0.25, 0.3) is 6.08 Å². The maximum atomic E-state index is 13.7. The summed E-state index contributed by atoms with van der Waals surface area (Å²) in [5, 5.41) is 0.654. The Morgan fingerprint density at radius 1 is 1.25 bits per heavy atom. The van der Waals surface area contributed by atoms with Gasteiger partial charge in [-0.05, 0) is 48.4 Å². The van der Waals surface area contributed by atoms with Crippen LogP contribution in [0.5, 0.6) is 5.75 Å². The first-order valence-corrected chi connectivity index (χ1v) is 7.84. The highest BCUT2D eigenvalue weighted by molar-refractivity contribution is 6.30. The van der Waals surface area contributed by atoms with Gasteiger partial charge < -0.3 is 9.64 Å². The van der Waals surface area contributed by atoms with E-state index in [1.807, 2.05) is 19.1 Å². The Balaban J connectivity index is 2.07. The second-order valence-corrected chi connectivity index (χ2v) is 5.84. The highest BCUT2D eigenvalue weighted by Gasteiger charge is 2.15. The summed E-state index contributed by atoms with van der Waals surface area (Å²) in [6, 6.07) is 11.8. The normalized spacial score (nSPS) is 12.2. The highest BCUT2D eigenvalue weighted by atomic mass is 35.5. The number of nitrogens with zero attached hydrogens (tertiary/aromatic N) is 1. The molecule has 0 aliphatic rings. The van der Waals surface area contributed by atoms with E-state index in [1.54, 1.807) is 36.2 Å². The summed E-state index contributed by atoms with van der Waals surface area (Å²) < 4.78 is 18.5. The van der Waals surface area contributed by atoms with Crippen molar-refractivity contribution in [2.45, 2.75) is 13.0 Å². The van der Waals surface area contributed by atoms with Crippen LogP contribution in [0.2, 0.25) is 5.02 Å². The van der Waals surface area contributed by atoms with Gasteiger partial charge in [-0.3, -0.25) is 4.79 Å². The number of hydrogen-bond acceptors (Lipinski definition) is 2. The molecule has 0 aliphatic heterocycles. The van der Waals surface area contributed by atoms with Gasteiger partial charge in [0.05, 0.1) is 13.2 Å². The fraction of sp³-hybridized carbons (Fsp3) is 0.211. The third-order valence-electron chi connectivity index (χ3n) is 3.88. The van der Waals surface area contributed by atoms with Gasteiger partial charge in [0.1, 0.15) is 0 Å². The number of likely N-dealkylation sites (N-methyl/N-ethyl adjacent to an activating group) is 1. The molecule has 0 saturated carbocycles. The fourth-order valence-corrected chi connectivity index (χ4v) is 2.35. The molecule has 2 aromatic rings. The number of halogens is 2. The van der Waals surface area contributed by atoms with Crippen LogP contribution in [0.15, 0.2) is 48.5 Å². The number of amides is 1. The summed E-state index contributed by atoms with van der Waals surface area (Å²) in [4.78, 5) is 13.9. The number of benzene rings is 2. The predicted molar refractivity (Wildman–Crippen MR) is 94.6 cm³/mol. The Bertz CT molecular complexity index is 744. The molecule has 3 nitrogen and oxygen atoms in total. The van der Waals surface area contributed by atoms with E-state index < -0.39 is 5.82 Å². The van der Waals surface area contributed by atoms with Crippen LogP contribution in [0.1, 0.15) is 24.1 Å². The van der Waals surface area contributed by atoms with Crippen molar-refractivity contribution in [1.82, 2.24) is 4.90 Å². The highest BCUT2D eigenvalue weighted by Crippen LogP contribution is 2.22. The molecule has 0 spiro atoms. The maximum Gasteiger partial charge on any atom is 0.246 e. The van der Waals surface area contributed by atoms with Gasteiger partial charge in [-0.2, -0.15) is 0 Å². The van der Waals surface area contributed by atoms with Gasteiger partial charge >= 0.3 is 0 Å². The molecule has 0 aromatic heterocycles. The molecular formula is C19H19ClFNO2. The summed E-state index contributed by atoms with van der Waals surface area (Å²) in [5.41, 5.74) is 1.58. The number of methoxy groups -OCH3 is 1. The first-order valence-electron chi connectivity index (χ1n) is 7.46. The minimum Gasteiger partial charge on any atom is -0.494 e. The van der Waals surface area contributed by atoms with E-state index >= 15 is 0 Å². The lowest BCUT2D eigenvalue weighted by Crippen LogP contribution is -2.27. The molecule has 1 atom stereocenters. The topological polar surface area (TPSA) is 29.5 Å². The van der Waals surface area contributed by atoms with Crippen LogP contribution < -0.4 is 4.74 Å². The smallest absolute Gasteiger partial charge is 0.246 e. The molecule has 0 aliphatic carbocycles. The Morgan fingerprint density at radius 2 is 1.92 bits per heavy atom. The maximum absolute atomic E-state index is 13.7. The van der Waals surface area contributed by atoms with Crippen molar-refractivity contribution in [3.05, 3.63) is 70.5 Å². The number of carbonyl (C=O) groups excluding carboxylic acids is 1. The van der Waals surface area contributed by atoms with E-state index in [4.69, 9.17) is 16.3 Å². The lowest BCUT2D eigenvalue weighted by atomic mass is 10.1. The van der Waals surface area contributed by atoms with Crippen LogP contribution in [0.3, 0.4) is 0 Å². The molecule has 0 fully saturated rings. The van der Waals surface area contributed by atoms with E-state index in [0.29, 0.717) is 10.6 Å². The zero-order valence-electron chi connectivity index (χ0n) is 13.8. The van der Waals surface area contributed by atoms with Gasteiger partial charge in [-0.25, -0.2) is 4.39 Å². The van der Waals surface area contributed by atoms with Crippen molar-refractivity contribution in [1.29, 1.82) is 0 Å². The summed E-state index contributed by atoms with van der Waals surface area (Å²) in [6.45, 7) is 1.93. The molecule has 0 N–H and O–H groups in total. The van der Waals surface area contributed by atoms with Gasteiger partial charge in [-0.15, -0.1) is 0 Å². The number of rotatable bonds is 5. The fourth-order valence-electron chi connectivity index (χ4n) is 2.23. The van der Waals surface area contributed by atoms with Crippen molar-refractivity contribution >= 4 is 23.6 Å². The quantitative estimate of drug-likeness (QED) is 0.732. The average molecular weight is 348 g/mol. The van der Waals surface area contributed by atoms with E-state index in [9.17, 15) is 9.18 Å². The van der Waals surface area contributed by atoms with Crippen LogP contribution in [0.4, 0.5) is 4.39 Å². The minimum atomic E-state index is -0.463. The Hall–Kier alpha value is -2.33. The molecule has 1 amide bonds. The second kappa shape index (κ2) is 7.97. The van der Waals surface area contributed by atoms with Gasteiger partial charge in [0, 0.05) is 18.1 Å². The predicted octanol–water partition coefficient (Wildman–Crippen LogP) is 4.72. The lowest BCUT2D eigenvalue weighted by Gasteiger charge is -2.24. The third kappa shape index (κ3) is 4.36. The van der Waals surface area contributed by atoms with Crippen LogP contribution in [0, 0.1) is 5.82 Å². The van der Waals surface area contributed by atoms with Crippen molar-refractivity contribution in [2.24, 2.45) is 0 Å². The number of ether oxygens (including phenoxy) is 1. The molecule has 2 aromatic carbocycles. The molecule has 1 unspecified atom stereocenters.